The van der Waals surface area contributed by atoms with Crippen LogP contribution < -0.4 is 14.8 Å². The lowest BCUT2D eigenvalue weighted by Crippen LogP contribution is -2.44. The summed E-state index contributed by atoms with van der Waals surface area (Å²) in [5.74, 6) is 1.26. The highest BCUT2D eigenvalue weighted by molar-refractivity contribution is 6.32. The van der Waals surface area contributed by atoms with Crippen LogP contribution in [0.1, 0.15) is 32.3 Å². The third-order valence-electron chi connectivity index (χ3n) is 4.66. The number of halogens is 1. The number of likely N-dealkylation sites (tertiary alicyclic amines) is 1. The fourth-order valence-corrected chi connectivity index (χ4v) is 3.63. The van der Waals surface area contributed by atoms with Crippen molar-refractivity contribution in [2.45, 2.75) is 39.2 Å². The molecule has 1 aromatic rings. The van der Waals surface area contributed by atoms with E-state index in [0.29, 0.717) is 55.7 Å². The number of fused-ring (bicyclic) bond motifs is 1. The Balaban J connectivity index is 1.56. The molecule has 0 bridgehead atoms. The minimum absolute atomic E-state index is 0.00909. The molecule has 0 radical (unpaired) electrons. The van der Waals surface area contributed by atoms with E-state index >= 15 is 0 Å². The van der Waals surface area contributed by atoms with E-state index < -0.39 is 0 Å². The van der Waals surface area contributed by atoms with Gasteiger partial charge in [-0.15, -0.1) is 0 Å². The molecule has 6 nitrogen and oxygen atoms in total. The minimum Gasteiger partial charge on any atom is -0.486 e. The van der Waals surface area contributed by atoms with Crippen molar-refractivity contribution in [1.82, 2.24) is 10.2 Å². The van der Waals surface area contributed by atoms with Gasteiger partial charge in [0.1, 0.15) is 13.2 Å². The van der Waals surface area contributed by atoms with Crippen LogP contribution in [0.2, 0.25) is 5.02 Å². The van der Waals surface area contributed by atoms with Crippen LogP contribution in [0.15, 0.2) is 12.1 Å². The third-order valence-corrected chi connectivity index (χ3v) is 4.94. The molecule has 0 aliphatic carbocycles. The number of nitrogens with one attached hydrogen (secondary N) is 1. The monoisotopic (exact) mass is 380 g/mol. The summed E-state index contributed by atoms with van der Waals surface area (Å²) in [5.41, 5.74) is 0.809. The molecule has 0 saturated carbocycles. The lowest BCUT2D eigenvalue weighted by atomic mass is 9.95. The van der Waals surface area contributed by atoms with Gasteiger partial charge in [-0.3, -0.25) is 9.59 Å². The molecule has 0 unspecified atom stereocenters. The Morgan fingerprint density at radius 2 is 1.92 bits per heavy atom. The summed E-state index contributed by atoms with van der Waals surface area (Å²) in [5, 5.41) is 3.42. The van der Waals surface area contributed by atoms with Crippen LogP contribution in [0.4, 0.5) is 0 Å². The maximum atomic E-state index is 12.6. The van der Waals surface area contributed by atoms with E-state index in [1.165, 1.54) is 0 Å². The summed E-state index contributed by atoms with van der Waals surface area (Å²) >= 11 is 6.24. The molecule has 2 heterocycles. The van der Waals surface area contributed by atoms with Crippen molar-refractivity contribution in [2.24, 2.45) is 5.92 Å². The zero-order valence-corrected chi connectivity index (χ0v) is 16.0. The van der Waals surface area contributed by atoms with E-state index in [4.69, 9.17) is 21.1 Å². The molecule has 0 aromatic heterocycles. The first-order chi connectivity index (χ1) is 12.4. The van der Waals surface area contributed by atoms with E-state index in [0.717, 1.165) is 5.56 Å². The van der Waals surface area contributed by atoms with Gasteiger partial charge in [-0.1, -0.05) is 11.6 Å². The standard InChI is InChI=1S/C19H25ClN2O4/c1-12(2)21-19(24)14-3-5-22(6-4-14)17(23)11-13-9-15(20)18-16(10-13)25-7-8-26-18/h9-10,12,14H,3-8,11H2,1-2H3,(H,21,24). The quantitative estimate of drug-likeness (QED) is 0.871. The minimum atomic E-state index is -0.00909. The Morgan fingerprint density at radius 3 is 2.62 bits per heavy atom. The zero-order chi connectivity index (χ0) is 18.7. The Labute approximate surface area is 158 Å². The van der Waals surface area contributed by atoms with E-state index in [2.05, 4.69) is 5.32 Å². The van der Waals surface area contributed by atoms with Crippen LogP contribution in [0.3, 0.4) is 0 Å². The molecule has 2 aliphatic heterocycles. The highest BCUT2D eigenvalue weighted by Crippen LogP contribution is 2.38. The molecule has 1 N–H and O–H groups in total. The fraction of sp³-hybridized carbons (Fsp3) is 0.579. The van der Waals surface area contributed by atoms with Gasteiger partial charge in [0.15, 0.2) is 11.5 Å². The average Bonchev–Trinajstić information content (AvgIpc) is 2.61. The molecule has 142 valence electrons. The number of hydrogen-bond acceptors (Lipinski definition) is 4. The van der Waals surface area contributed by atoms with Crippen LogP contribution in [0, 0.1) is 5.92 Å². The first-order valence-electron chi connectivity index (χ1n) is 9.10. The van der Waals surface area contributed by atoms with Crippen molar-refractivity contribution in [1.29, 1.82) is 0 Å². The lowest BCUT2D eigenvalue weighted by molar-refractivity contribution is -0.135. The van der Waals surface area contributed by atoms with Crippen molar-refractivity contribution in [3.8, 4) is 11.5 Å². The number of hydrogen-bond donors (Lipinski definition) is 1. The summed E-state index contributed by atoms with van der Waals surface area (Å²) in [6.45, 7) is 6.07. The molecule has 3 rings (SSSR count). The van der Waals surface area contributed by atoms with E-state index in [1.54, 1.807) is 6.07 Å². The van der Waals surface area contributed by atoms with Crippen molar-refractivity contribution < 1.29 is 19.1 Å². The predicted molar refractivity (Wildman–Crippen MR) is 98.7 cm³/mol. The van der Waals surface area contributed by atoms with E-state index in [1.807, 2.05) is 24.8 Å². The van der Waals surface area contributed by atoms with Gasteiger partial charge < -0.3 is 19.7 Å². The van der Waals surface area contributed by atoms with Gasteiger partial charge in [0.05, 0.1) is 11.4 Å². The molecule has 26 heavy (non-hydrogen) atoms. The maximum Gasteiger partial charge on any atom is 0.226 e. The SMILES string of the molecule is CC(C)NC(=O)C1CCN(C(=O)Cc2cc(Cl)c3c(c2)OCCO3)CC1. The lowest BCUT2D eigenvalue weighted by Gasteiger charge is -2.32. The fourth-order valence-electron chi connectivity index (χ4n) is 3.35. The summed E-state index contributed by atoms with van der Waals surface area (Å²) in [4.78, 5) is 26.5. The Bertz CT molecular complexity index is 684. The largest absolute Gasteiger partial charge is 0.486 e. The number of carbonyl (C=O) groups is 2. The number of amides is 2. The van der Waals surface area contributed by atoms with Gasteiger partial charge in [-0.25, -0.2) is 0 Å². The maximum absolute atomic E-state index is 12.6. The third kappa shape index (κ3) is 4.41. The first-order valence-corrected chi connectivity index (χ1v) is 9.48. The topological polar surface area (TPSA) is 67.9 Å². The normalized spacial score (nSPS) is 17.3. The van der Waals surface area contributed by atoms with Crippen molar-refractivity contribution in [2.75, 3.05) is 26.3 Å². The van der Waals surface area contributed by atoms with Crippen LogP contribution >= 0.6 is 11.6 Å². The Morgan fingerprint density at radius 1 is 1.23 bits per heavy atom. The molecule has 0 atom stereocenters. The Kier molecular flexibility index (Phi) is 5.91. The molecule has 2 aliphatic rings. The number of benzene rings is 1. The van der Waals surface area contributed by atoms with Gasteiger partial charge in [0.2, 0.25) is 11.8 Å². The summed E-state index contributed by atoms with van der Waals surface area (Å²) in [7, 11) is 0. The molecular formula is C19H25ClN2O4. The van der Waals surface area contributed by atoms with Crippen molar-refractivity contribution >= 4 is 23.4 Å². The molecule has 2 amide bonds. The molecular weight excluding hydrogens is 356 g/mol. The number of piperidine rings is 1. The highest BCUT2D eigenvalue weighted by Gasteiger charge is 2.28. The zero-order valence-electron chi connectivity index (χ0n) is 15.2. The summed E-state index contributed by atoms with van der Waals surface area (Å²) in [6.07, 6.45) is 1.66. The van der Waals surface area contributed by atoms with E-state index in [9.17, 15) is 9.59 Å². The van der Waals surface area contributed by atoms with Crippen molar-refractivity contribution in [3.05, 3.63) is 22.7 Å². The van der Waals surface area contributed by atoms with E-state index in [-0.39, 0.29) is 30.2 Å². The van der Waals surface area contributed by atoms with Gasteiger partial charge in [0, 0.05) is 25.0 Å². The second kappa shape index (κ2) is 8.16. The predicted octanol–water partition coefficient (Wildman–Crippen LogP) is 2.42. The van der Waals surface area contributed by atoms with Gasteiger partial charge in [0.25, 0.3) is 0 Å². The van der Waals surface area contributed by atoms with Gasteiger partial charge in [-0.2, -0.15) is 0 Å². The molecule has 1 saturated heterocycles. The van der Waals surface area contributed by atoms with Crippen LogP contribution in [0.5, 0.6) is 11.5 Å². The molecule has 7 heteroatoms. The van der Waals surface area contributed by atoms with Crippen LogP contribution in [0.25, 0.3) is 0 Å². The number of ether oxygens (including phenoxy) is 2. The molecule has 0 spiro atoms. The van der Waals surface area contributed by atoms with Crippen molar-refractivity contribution in [3.63, 3.8) is 0 Å². The summed E-state index contributed by atoms with van der Waals surface area (Å²) < 4.78 is 11.1. The van der Waals surface area contributed by atoms with Crippen LogP contribution in [-0.4, -0.2) is 49.1 Å². The Hall–Kier alpha value is -1.95. The smallest absolute Gasteiger partial charge is 0.226 e. The highest BCUT2D eigenvalue weighted by atomic mass is 35.5. The van der Waals surface area contributed by atoms with Gasteiger partial charge in [-0.05, 0) is 44.4 Å². The van der Waals surface area contributed by atoms with Crippen LogP contribution in [-0.2, 0) is 16.0 Å². The number of nitrogens with zero attached hydrogens (tertiary/aromatic N) is 1. The second-order valence-corrected chi connectivity index (χ2v) is 7.50. The number of carbonyl (C=O) groups excluding carboxylic acids is 2. The first kappa shape index (κ1) is 18.8. The molecule has 1 aromatic carbocycles. The number of rotatable bonds is 4. The second-order valence-electron chi connectivity index (χ2n) is 7.10. The average molecular weight is 381 g/mol. The molecule has 1 fully saturated rings. The summed E-state index contributed by atoms with van der Waals surface area (Å²) in [6, 6.07) is 3.72. The van der Waals surface area contributed by atoms with Gasteiger partial charge >= 0.3 is 0 Å².